The highest BCUT2D eigenvalue weighted by Gasteiger charge is 2.04. The molecule has 3 aromatic rings. The molecule has 0 saturated carbocycles. The van der Waals surface area contributed by atoms with Crippen LogP contribution in [0, 0.1) is 0 Å². The van der Waals surface area contributed by atoms with Gasteiger partial charge in [0, 0.05) is 11.6 Å². The Labute approximate surface area is 140 Å². The summed E-state index contributed by atoms with van der Waals surface area (Å²) in [5.74, 6) is 2.11. The summed E-state index contributed by atoms with van der Waals surface area (Å²) in [5, 5.41) is 4.24. The van der Waals surface area contributed by atoms with Crippen molar-refractivity contribution in [3.63, 3.8) is 0 Å². The molecule has 0 amide bonds. The van der Waals surface area contributed by atoms with Gasteiger partial charge >= 0.3 is 0 Å². The lowest BCUT2D eigenvalue weighted by Gasteiger charge is -2.09. The molecule has 1 heterocycles. The fourth-order valence-corrected chi connectivity index (χ4v) is 2.33. The number of nitrogens with zero attached hydrogens (tertiary/aromatic N) is 2. The van der Waals surface area contributed by atoms with Gasteiger partial charge in [0.1, 0.15) is 11.5 Å². The predicted octanol–water partition coefficient (Wildman–Crippen LogP) is 3.81. The van der Waals surface area contributed by atoms with Crippen LogP contribution in [0.15, 0.2) is 47.6 Å². The first-order chi connectivity index (χ1) is 11.8. The molecule has 0 spiro atoms. The van der Waals surface area contributed by atoms with Crippen LogP contribution in [-0.2, 0) is 0 Å². The van der Waals surface area contributed by atoms with Crippen molar-refractivity contribution < 1.29 is 9.47 Å². The van der Waals surface area contributed by atoms with E-state index in [0.717, 1.165) is 28.1 Å². The molecule has 0 fully saturated rings. The average Bonchev–Trinajstić information content (AvgIpc) is 3.00. The Morgan fingerprint density at radius 2 is 1.96 bits per heavy atom. The number of aromatic amines is 1. The van der Waals surface area contributed by atoms with E-state index in [4.69, 9.17) is 9.47 Å². The second-order valence-electron chi connectivity index (χ2n) is 5.04. The van der Waals surface area contributed by atoms with Crippen LogP contribution in [-0.4, -0.2) is 29.4 Å². The van der Waals surface area contributed by atoms with Crippen LogP contribution in [0.25, 0.3) is 11.0 Å². The second-order valence-corrected chi connectivity index (χ2v) is 5.04. The van der Waals surface area contributed by atoms with E-state index in [1.54, 1.807) is 6.21 Å². The summed E-state index contributed by atoms with van der Waals surface area (Å²) in [6, 6.07) is 13.5. The third-order valence-corrected chi connectivity index (χ3v) is 3.36. The quantitative estimate of drug-likeness (QED) is 0.512. The van der Waals surface area contributed by atoms with Crippen molar-refractivity contribution in [2.45, 2.75) is 13.8 Å². The minimum absolute atomic E-state index is 0.577. The molecular weight excluding hydrogens is 304 g/mol. The molecule has 6 heteroatoms. The summed E-state index contributed by atoms with van der Waals surface area (Å²) >= 11 is 0. The smallest absolute Gasteiger partial charge is 0.222 e. The van der Waals surface area contributed by atoms with Gasteiger partial charge in [-0.25, -0.2) is 10.4 Å². The van der Waals surface area contributed by atoms with Gasteiger partial charge in [-0.1, -0.05) is 12.1 Å². The lowest BCUT2D eigenvalue weighted by Crippen LogP contribution is -1.99. The number of nitrogens with one attached hydrogen (secondary N) is 2. The Bertz CT molecular complexity index is 809. The Balaban J connectivity index is 1.75. The van der Waals surface area contributed by atoms with Crippen LogP contribution in [0.1, 0.15) is 19.4 Å². The zero-order valence-electron chi connectivity index (χ0n) is 13.7. The van der Waals surface area contributed by atoms with Gasteiger partial charge in [-0.3, -0.25) is 0 Å². The molecule has 6 nitrogen and oxygen atoms in total. The van der Waals surface area contributed by atoms with E-state index >= 15 is 0 Å². The molecule has 0 atom stereocenters. The number of fused-ring (bicyclic) bond motifs is 1. The maximum atomic E-state index is 5.65. The number of rotatable bonds is 7. The normalized spacial score (nSPS) is 11.1. The Kier molecular flexibility index (Phi) is 4.96. The first kappa shape index (κ1) is 15.9. The molecule has 0 radical (unpaired) electrons. The van der Waals surface area contributed by atoms with Crippen molar-refractivity contribution in [3.8, 4) is 11.5 Å². The van der Waals surface area contributed by atoms with Crippen LogP contribution in [0.2, 0.25) is 0 Å². The van der Waals surface area contributed by atoms with Gasteiger partial charge in [-0.15, -0.1) is 0 Å². The molecule has 2 aromatic carbocycles. The van der Waals surface area contributed by atoms with Gasteiger partial charge in [-0.2, -0.15) is 5.10 Å². The molecule has 3 rings (SSSR count). The summed E-state index contributed by atoms with van der Waals surface area (Å²) in [4.78, 5) is 7.57. The summed E-state index contributed by atoms with van der Waals surface area (Å²) < 4.78 is 11.2. The zero-order chi connectivity index (χ0) is 16.8. The van der Waals surface area contributed by atoms with Crippen LogP contribution in [0.5, 0.6) is 11.5 Å². The van der Waals surface area contributed by atoms with Crippen molar-refractivity contribution in [3.05, 3.63) is 48.0 Å². The fraction of sp³-hybridized carbons (Fsp3) is 0.222. The van der Waals surface area contributed by atoms with Crippen LogP contribution < -0.4 is 14.9 Å². The van der Waals surface area contributed by atoms with Crippen LogP contribution in [0.3, 0.4) is 0 Å². The third kappa shape index (κ3) is 3.65. The van der Waals surface area contributed by atoms with Crippen molar-refractivity contribution in [2.24, 2.45) is 5.10 Å². The number of H-pyrrole nitrogens is 1. The predicted molar refractivity (Wildman–Crippen MR) is 96.1 cm³/mol. The minimum Gasteiger partial charge on any atom is -0.494 e. The number of para-hydroxylation sites is 2. The van der Waals surface area contributed by atoms with E-state index in [-0.39, 0.29) is 0 Å². The highest BCUT2D eigenvalue weighted by Crippen LogP contribution is 2.24. The van der Waals surface area contributed by atoms with Gasteiger partial charge in [0.25, 0.3) is 0 Å². The first-order valence-electron chi connectivity index (χ1n) is 7.93. The Morgan fingerprint density at radius 1 is 1.12 bits per heavy atom. The van der Waals surface area contributed by atoms with E-state index in [1.165, 1.54) is 0 Å². The molecule has 0 aliphatic rings. The van der Waals surface area contributed by atoms with Crippen LogP contribution in [0.4, 0.5) is 5.95 Å². The molecule has 0 bridgehead atoms. The molecule has 0 aliphatic carbocycles. The van der Waals surface area contributed by atoms with Gasteiger partial charge in [-0.05, 0) is 38.1 Å². The first-order valence-corrected chi connectivity index (χ1v) is 7.93. The lowest BCUT2D eigenvalue weighted by molar-refractivity contribution is 0.323. The highest BCUT2D eigenvalue weighted by atomic mass is 16.5. The summed E-state index contributed by atoms with van der Waals surface area (Å²) in [6.07, 6.45) is 1.70. The molecule has 0 saturated heterocycles. The molecule has 1 aromatic heterocycles. The largest absolute Gasteiger partial charge is 0.494 e. The molecule has 0 aliphatic heterocycles. The summed E-state index contributed by atoms with van der Waals surface area (Å²) in [6.45, 7) is 5.09. The lowest BCUT2D eigenvalue weighted by atomic mass is 10.2. The molecule has 0 unspecified atom stereocenters. The van der Waals surface area contributed by atoms with E-state index in [0.29, 0.717) is 19.2 Å². The van der Waals surface area contributed by atoms with Gasteiger partial charge in [0.05, 0.1) is 30.5 Å². The van der Waals surface area contributed by atoms with Crippen LogP contribution >= 0.6 is 0 Å². The number of imidazole rings is 1. The van der Waals surface area contributed by atoms with E-state index < -0.39 is 0 Å². The molecule has 124 valence electrons. The molecular formula is C18H20N4O2. The summed E-state index contributed by atoms with van der Waals surface area (Å²) in [5.41, 5.74) is 5.63. The van der Waals surface area contributed by atoms with E-state index in [1.807, 2.05) is 56.3 Å². The SMILES string of the molecule is CCOc1ccc(/C=N/Nc2nc3ccccc3[nH]2)c(OCC)c1. The van der Waals surface area contributed by atoms with E-state index in [2.05, 4.69) is 20.5 Å². The number of anilines is 1. The maximum absolute atomic E-state index is 5.65. The third-order valence-electron chi connectivity index (χ3n) is 3.36. The fourth-order valence-electron chi connectivity index (χ4n) is 2.33. The highest BCUT2D eigenvalue weighted by molar-refractivity contribution is 5.84. The van der Waals surface area contributed by atoms with Crippen molar-refractivity contribution >= 4 is 23.2 Å². The van der Waals surface area contributed by atoms with Crippen molar-refractivity contribution in [1.29, 1.82) is 0 Å². The maximum Gasteiger partial charge on any atom is 0.222 e. The van der Waals surface area contributed by atoms with Gasteiger partial charge < -0.3 is 14.5 Å². The Hall–Kier alpha value is -3.02. The number of benzene rings is 2. The van der Waals surface area contributed by atoms with Gasteiger partial charge in [0.15, 0.2) is 0 Å². The monoisotopic (exact) mass is 324 g/mol. The Morgan fingerprint density at radius 3 is 2.75 bits per heavy atom. The zero-order valence-corrected chi connectivity index (χ0v) is 13.7. The number of hydrogen-bond donors (Lipinski definition) is 2. The summed E-state index contributed by atoms with van der Waals surface area (Å²) in [7, 11) is 0. The minimum atomic E-state index is 0.577. The number of hydrogen-bond acceptors (Lipinski definition) is 5. The number of aromatic nitrogens is 2. The van der Waals surface area contributed by atoms with Crippen molar-refractivity contribution in [2.75, 3.05) is 18.6 Å². The molecule has 24 heavy (non-hydrogen) atoms. The standard InChI is InChI=1S/C18H20N4O2/c1-3-23-14-10-9-13(17(11-14)24-4-2)12-19-22-18-20-15-7-5-6-8-16(15)21-18/h5-12H,3-4H2,1-2H3,(H2,20,21,22)/b19-12+. The topological polar surface area (TPSA) is 71.5 Å². The average molecular weight is 324 g/mol. The van der Waals surface area contributed by atoms with E-state index in [9.17, 15) is 0 Å². The molecule has 2 N–H and O–H groups in total. The second kappa shape index (κ2) is 7.50. The van der Waals surface area contributed by atoms with Gasteiger partial charge in [0.2, 0.25) is 5.95 Å². The number of ether oxygens (including phenoxy) is 2. The number of hydrazone groups is 1. The van der Waals surface area contributed by atoms with Crippen molar-refractivity contribution in [1.82, 2.24) is 9.97 Å².